The maximum atomic E-state index is 10.7. The molecule has 0 bridgehead atoms. The number of carbonyl (C=O) groups is 1. The molecule has 0 aromatic heterocycles. The Labute approximate surface area is 85.8 Å². The molecule has 6 heteroatoms. The molecule has 0 heterocycles. The Bertz CT molecular complexity index is 377. The predicted octanol–water partition coefficient (Wildman–Crippen LogP) is 0.489. The summed E-state index contributed by atoms with van der Waals surface area (Å²) < 4.78 is 4.92. The van der Waals surface area contributed by atoms with Gasteiger partial charge in [0.25, 0.3) is 0 Å². The SMILES string of the molecule is COc1cc(O)c(C(=O)O)cc1CON. The summed E-state index contributed by atoms with van der Waals surface area (Å²) in [5.41, 5.74) is 0.234. The number of aromatic hydroxyl groups is 1. The molecule has 0 aliphatic rings. The van der Waals surface area contributed by atoms with Gasteiger partial charge in [-0.2, -0.15) is 0 Å². The Morgan fingerprint density at radius 2 is 2.20 bits per heavy atom. The highest BCUT2D eigenvalue weighted by Gasteiger charge is 2.14. The van der Waals surface area contributed by atoms with Gasteiger partial charge in [-0.1, -0.05) is 0 Å². The summed E-state index contributed by atoms with van der Waals surface area (Å²) in [6.45, 7) is 0.00370. The molecule has 0 spiro atoms. The maximum absolute atomic E-state index is 10.7. The van der Waals surface area contributed by atoms with E-state index in [4.69, 9.17) is 15.7 Å². The number of methoxy groups -OCH3 is 1. The Morgan fingerprint density at radius 1 is 1.53 bits per heavy atom. The number of rotatable bonds is 4. The van der Waals surface area contributed by atoms with Crippen LogP contribution in [-0.2, 0) is 11.4 Å². The van der Waals surface area contributed by atoms with Crippen LogP contribution in [0.25, 0.3) is 0 Å². The van der Waals surface area contributed by atoms with E-state index in [-0.39, 0.29) is 17.9 Å². The molecule has 6 nitrogen and oxygen atoms in total. The molecule has 0 aliphatic heterocycles. The molecular formula is C9H11NO5. The standard InChI is InChI=1S/C9H11NO5/c1-14-8-3-7(11)6(9(12)13)2-5(8)4-15-10/h2-3,11H,4,10H2,1H3,(H,12,13). The third kappa shape index (κ3) is 2.36. The van der Waals surface area contributed by atoms with Gasteiger partial charge in [-0.3, -0.25) is 4.84 Å². The highest BCUT2D eigenvalue weighted by molar-refractivity contribution is 5.91. The van der Waals surface area contributed by atoms with Gasteiger partial charge in [0.05, 0.1) is 13.7 Å². The Balaban J connectivity index is 3.23. The van der Waals surface area contributed by atoms with E-state index < -0.39 is 5.97 Å². The molecule has 0 atom stereocenters. The first kappa shape index (κ1) is 11.3. The van der Waals surface area contributed by atoms with Crippen LogP contribution in [0.4, 0.5) is 0 Å². The van der Waals surface area contributed by atoms with E-state index in [0.29, 0.717) is 11.3 Å². The molecule has 0 radical (unpaired) electrons. The zero-order valence-corrected chi connectivity index (χ0v) is 8.06. The quantitative estimate of drug-likeness (QED) is 0.629. The summed E-state index contributed by atoms with van der Waals surface area (Å²) in [5.74, 6) is 3.62. The van der Waals surface area contributed by atoms with Crippen molar-refractivity contribution in [2.75, 3.05) is 7.11 Å². The molecule has 0 amide bonds. The maximum Gasteiger partial charge on any atom is 0.339 e. The summed E-state index contributed by atoms with van der Waals surface area (Å²) in [6.07, 6.45) is 0. The first-order valence-electron chi connectivity index (χ1n) is 4.05. The monoisotopic (exact) mass is 213 g/mol. The van der Waals surface area contributed by atoms with Gasteiger partial charge in [-0.25, -0.2) is 10.7 Å². The minimum Gasteiger partial charge on any atom is -0.507 e. The first-order chi connectivity index (χ1) is 7.10. The number of carboxylic acid groups (broad SMARTS) is 1. The van der Waals surface area contributed by atoms with Crippen LogP contribution in [0.5, 0.6) is 11.5 Å². The van der Waals surface area contributed by atoms with Crippen molar-refractivity contribution in [3.8, 4) is 11.5 Å². The van der Waals surface area contributed by atoms with Gasteiger partial charge < -0.3 is 14.9 Å². The zero-order chi connectivity index (χ0) is 11.4. The normalized spacial score (nSPS) is 10.0. The number of ether oxygens (including phenoxy) is 1. The predicted molar refractivity (Wildman–Crippen MR) is 50.6 cm³/mol. The van der Waals surface area contributed by atoms with Crippen molar-refractivity contribution in [1.29, 1.82) is 0 Å². The summed E-state index contributed by atoms with van der Waals surface area (Å²) in [4.78, 5) is 15.1. The topological polar surface area (TPSA) is 102 Å². The van der Waals surface area contributed by atoms with Gasteiger partial charge in [0.2, 0.25) is 0 Å². The molecule has 0 saturated carbocycles. The van der Waals surface area contributed by atoms with E-state index in [1.165, 1.54) is 19.2 Å². The first-order valence-corrected chi connectivity index (χ1v) is 4.05. The number of nitrogens with two attached hydrogens (primary N) is 1. The average Bonchev–Trinajstić information content (AvgIpc) is 2.20. The highest BCUT2D eigenvalue weighted by Crippen LogP contribution is 2.28. The smallest absolute Gasteiger partial charge is 0.339 e. The van der Waals surface area contributed by atoms with Gasteiger partial charge in [0.15, 0.2) is 0 Å². The molecule has 0 aliphatic carbocycles. The van der Waals surface area contributed by atoms with Crippen LogP contribution in [-0.4, -0.2) is 23.3 Å². The number of carboxylic acids is 1. The minimum atomic E-state index is -1.23. The second-order valence-electron chi connectivity index (χ2n) is 2.80. The van der Waals surface area contributed by atoms with Crippen molar-refractivity contribution < 1.29 is 24.6 Å². The van der Waals surface area contributed by atoms with Gasteiger partial charge in [0, 0.05) is 11.6 Å². The minimum absolute atomic E-state index is 0.00370. The molecule has 15 heavy (non-hydrogen) atoms. The molecule has 0 unspecified atom stereocenters. The van der Waals surface area contributed by atoms with Crippen molar-refractivity contribution in [3.63, 3.8) is 0 Å². The van der Waals surface area contributed by atoms with Crippen molar-refractivity contribution in [1.82, 2.24) is 0 Å². The van der Waals surface area contributed by atoms with E-state index in [0.717, 1.165) is 0 Å². The van der Waals surface area contributed by atoms with Crippen LogP contribution in [0.15, 0.2) is 12.1 Å². The van der Waals surface area contributed by atoms with Crippen LogP contribution in [0.3, 0.4) is 0 Å². The Hall–Kier alpha value is -1.79. The molecule has 4 N–H and O–H groups in total. The number of aromatic carboxylic acids is 1. The number of phenols is 1. The van der Waals surface area contributed by atoms with Crippen LogP contribution in [0, 0.1) is 0 Å². The van der Waals surface area contributed by atoms with Crippen molar-refractivity contribution in [2.24, 2.45) is 5.90 Å². The van der Waals surface area contributed by atoms with E-state index in [2.05, 4.69) is 4.84 Å². The van der Waals surface area contributed by atoms with Gasteiger partial charge in [-0.05, 0) is 6.07 Å². The summed E-state index contributed by atoms with van der Waals surface area (Å²) >= 11 is 0. The van der Waals surface area contributed by atoms with Gasteiger partial charge in [-0.15, -0.1) is 0 Å². The van der Waals surface area contributed by atoms with E-state index >= 15 is 0 Å². The van der Waals surface area contributed by atoms with Crippen molar-refractivity contribution >= 4 is 5.97 Å². The van der Waals surface area contributed by atoms with Crippen LogP contribution >= 0.6 is 0 Å². The molecule has 1 rings (SSSR count). The third-order valence-electron chi connectivity index (χ3n) is 1.87. The summed E-state index contributed by atoms with van der Waals surface area (Å²) in [5, 5.41) is 18.1. The third-order valence-corrected chi connectivity index (χ3v) is 1.87. The van der Waals surface area contributed by atoms with E-state index in [9.17, 15) is 9.90 Å². The fourth-order valence-corrected chi connectivity index (χ4v) is 1.18. The van der Waals surface area contributed by atoms with Crippen LogP contribution in [0.2, 0.25) is 0 Å². The summed E-state index contributed by atoms with van der Waals surface area (Å²) in [7, 11) is 1.40. The Kier molecular flexibility index (Phi) is 3.48. The lowest BCUT2D eigenvalue weighted by molar-refractivity contribution is 0.0693. The lowest BCUT2D eigenvalue weighted by Crippen LogP contribution is -2.04. The molecule has 1 aromatic carbocycles. The largest absolute Gasteiger partial charge is 0.507 e. The number of hydrogen-bond donors (Lipinski definition) is 3. The Morgan fingerprint density at radius 3 is 2.67 bits per heavy atom. The second-order valence-corrected chi connectivity index (χ2v) is 2.80. The molecule has 1 aromatic rings. The number of benzene rings is 1. The lowest BCUT2D eigenvalue weighted by Gasteiger charge is -2.09. The second kappa shape index (κ2) is 4.63. The average molecular weight is 213 g/mol. The molecule has 82 valence electrons. The molecule has 0 fully saturated rings. The zero-order valence-electron chi connectivity index (χ0n) is 8.06. The van der Waals surface area contributed by atoms with Crippen molar-refractivity contribution in [2.45, 2.75) is 6.61 Å². The fraction of sp³-hybridized carbons (Fsp3) is 0.222. The highest BCUT2D eigenvalue weighted by atomic mass is 16.6. The number of hydrogen-bond acceptors (Lipinski definition) is 5. The lowest BCUT2D eigenvalue weighted by atomic mass is 10.1. The van der Waals surface area contributed by atoms with Crippen molar-refractivity contribution in [3.05, 3.63) is 23.3 Å². The van der Waals surface area contributed by atoms with Gasteiger partial charge in [0.1, 0.15) is 17.1 Å². The van der Waals surface area contributed by atoms with E-state index in [1.807, 2.05) is 0 Å². The molecule has 0 saturated heterocycles. The van der Waals surface area contributed by atoms with Gasteiger partial charge >= 0.3 is 5.97 Å². The van der Waals surface area contributed by atoms with Crippen LogP contribution in [0.1, 0.15) is 15.9 Å². The van der Waals surface area contributed by atoms with Crippen LogP contribution < -0.4 is 10.6 Å². The molecular weight excluding hydrogens is 202 g/mol. The van der Waals surface area contributed by atoms with E-state index in [1.54, 1.807) is 0 Å². The summed E-state index contributed by atoms with van der Waals surface area (Å²) in [6, 6.07) is 2.46. The fourth-order valence-electron chi connectivity index (χ4n) is 1.18.